The molecule has 1 aliphatic rings. The zero-order valence-electron chi connectivity index (χ0n) is 15.7. The second kappa shape index (κ2) is 9.01. The molecule has 29 heavy (non-hydrogen) atoms. The third kappa shape index (κ3) is 4.98. The lowest BCUT2D eigenvalue weighted by Gasteiger charge is -2.36. The molecule has 3 atom stereocenters. The summed E-state index contributed by atoms with van der Waals surface area (Å²) in [6.45, 7) is 1.20. The van der Waals surface area contributed by atoms with Crippen LogP contribution in [0.5, 0.6) is 0 Å². The molecule has 0 bridgehead atoms. The molecule has 8 heteroatoms. The Labute approximate surface area is 167 Å². The van der Waals surface area contributed by atoms with Gasteiger partial charge in [-0.15, -0.1) is 0 Å². The molecule has 8 nitrogen and oxygen atoms in total. The maximum absolute atomic E-state index is 12.8. The highest BCUT2D eigenvalue weighted by atomic mass is 16.6. The lowest BCUT2D eigenvalue weighted by atomic mass is 9.97. The van der Waals surface area contributed by atoms with E-state index in [1.807, 2.05) is 18.2 Å². The van der Waals surface area contributed by atoms with Gasteiger partial charge in [0.1, 0.15) is 6.61 Å². The summed E-state index contributed by atoms with van der Waals surface area (Å²) in [4.78, 5) is 48.4. The van der Waals surface area contributed by atoms with Crippen molar-refractivity contribution in [2.24, 2.45) is 0 Å². The molecule has 1 saturated heterocycles. The van der Waals surface area contributed by atoms with E-state index < -0.39 is 41.9 Å². The Morgan fingerprint density at radius 2 is 1.66 bits per heavy atom. The number of carbonyl (C=O) groups excluding carboxylic acids is 4. The van der Waals surface area contributed by atoms with Crippen molar-refractivity contribution < 1.29 is 28.7 Å². The average molecular weight is 396 g/mol. The van der Waals surface area contributed by atoms with Crippen LogP contribution in [0.15, 0.2) is 60.7 Å². The smallest absolute Gasteiger partial charge is 0.323 e. The minimum atomic E-state index is -1.27. The fourth-order valence-corrected chi connectivity index (χ4v) is 2.86. The first-order chi connectivity index (χ1) is 14.0. The fourth-order valence-electron chi connectivity index (χ4n) is 2.86. The molecule has 3 rings (SSSR count). The van der Waals surface area contributed by atoms with Crippen molar-refractivity contribution in [1.82, 2.24) is 10.6 Å². The Morgan fingerprint density at radius 3 is 2.24 bits per heavy atom. The van der Waals surface area contributed by atoms with Crippen LogP contribution in [0, 0.1) is 0 Å². The first-order valence-corrected chi connectivity index (χ1v) is 8.99. The molecule has 0 saturated carbocycles. The van der Waals surface area contributed by atoms with Crippen molar-refractivity contribution in [2.75, 3.05) is 0 Å². The van der Waals surface area contributed by atoms with E-state index in [1.165, 1.54) is 6.92 Å². The van der Waals surface area contributed by atoms with Crippen LogP contribution in [-0.2, 0) is 35.3 Å². The Morgan fingerprint density at radius 1 is 1.03 bits per heavy atom. The number of β-lactam (4-membered cyclic amide) rings is 1. The van der Waals surface area contributed by atoms with E-state index in [9.17, 15) is 19.2 Å². The number of amides is 2. The number of hydrogen-bond acceptors (Lipinski definition) is 6. The third-order valence-corrected chi connectivity index (χ3v) is 4.32. The van der Waals surface area contributed by atoms with Gasteiger partial charge in [-0.3, -0.25) is 19.2 Å². The molecular formula is C21H20N2O6. The quantitative estimate of drug-likeness (QED) is 0.411. The van der Waals surface area contributed by atoms with E-state index in [-0.39, 0.29) is 6.61 Å². The van der Waals surface area contributed by atoms with Gasteiger partial charge in [-0.2, -0.15) is 0 Å². The molecule has 0 radical (unpaired) electrons. The SMILES string of the molecule is CC(=O)O[C@@H]1NC(=O)[C@H]1NC(=O)C(C(=O)OCc1ccccc1)c1ccccc1. The third-order valence-electron chi connectivity index (χ3n) is 4.32. The van der Waals surface area contributed by atoms with Gasteiger partial charge in [0.15, 0.2) is 12.0 Å². The molecule has 2 amide bonds. The van der Waals surface area contributed by atoms with Gasteiger partial charge in [0, 0.05) is 6.92 Å². The van der Waals surface area contributed by atoms with Gasteiger partial charge < -0.3 is 20.1 Å². The molecule has 2 aromatic rings. The summed E-state index contributed by atoms with van der Waals surface area (Å²) in [6, 6.07) is 16.4. The van der Waals surface area contributed by atoms with Crippen molar-refractivity contribution in [3.8, 4) is 0 Å². The van der Waals surface area contributed by atoms with E-state index >= 15 is 0 Å². The van der Waals surface area contributed by atoms with Gasteiger partial charge in [-0.05, 0) is 11.1 Å². The molecule has 1 aliphatic heterocycles. The van der Waals surface area contributed by atoms with Gasteiger partial charge in [0.05, 0.1) is 0 Å². The second-order valence-electron chi connectivity index (χ2n) is 6.46. The minimum Gasteiger partial charge on any atom is -0.460 e. The Bertz CT molecular complexity index is 900. The topological polar surface area (TPSA) is 111 Å². The summed E-state index contributed by atoms with van der Waals surface area (Å²) in [5.41, 5.74) is 1.20. The number of nitrogens with one attached hydrogen (secondary N) is 2. The van der Waals surface area contributed by atoms with Gasteiger partial charge >= 0.3 is 11.9 Å². The van der Waals surface area contributed by atoms with Crippen molar-refractivity contribution in [3.05, 3.63) is 71.8 Å². The van der Waals surface area contributed by atoms with E-state index in [4.69, 9.17) is 9.47 Å². The molecule has 2 N–H and O–H groups in total. The van der Waals surface area contributed by atoms with Gasteiger partial charge in [-0.25, -0.2) is 0 Å². The van der Waals surface area contributed by atoms with Crippen LogP contribution in [0.4, 0.5) is 0 Å². The lowest BCUT2D eigenvalue weighted by Crippen LogP contribution is -2.70. The van der Waals surface area contributed by atoms with Crippen LogP contribution in [0.25, 0.3) is 0 Å². The van der Waals surface area contributed by atoms with Crippen LogP contribution >= 0.6 is 0 Å². The Balaban J connectivity index is 1.73. The number of ether oxygens (including phenoxy) is 2. The van der Waals surface area contributed by atoms with Crippen LogP contribution < -0.4 is 10.6 Å². The number of hydrogen-bond donors (Lipinski definition) is 2. The standard InChI is InChI=1S/C21H20N2O6/c1-13(24)29-20-17(19(26)23-20)22-18(25)16(15-10-6-3-7-11-15)21(27)28-12-14-8-4-2-5-9-14/h2-11,16-17,20H,12H2,1H3,(H,22,25)(H,23,26)/t16?,17-,20+/m1/s1. The molecule has 2 aromatic carbocycles. The van der Waals surface area contributed by atoms with E-state index in [0.717, 1.165) is 5.56 Å². The van der Waals surface area contributed by atoms with Gasteiger partial charge in [-0.1, -0.05) is 60.7 Å². The first-order valence-electron chi connectivity index (χ1n) is 8.99. The number of esters is 2. The summed E-state index contributed by atoms with van der Waals surface area (Å²) in [5, 5.41) is 4.84. The number of rotatable bonds is 7. The van der Waals surface area contributed by atoms with Gasteiger partial charge in [0.25, 0.3) is 5.91 Å². The first kappa shape index (κ1) is 20.1. The van der Waals surface area contributed by atoms with Crippen molar-refractivity contribution in [1.29, 1.82) is 0 Å². The average Bonchev–Trinajstić information content (AvgIpc) is 2.72. The van der Waals surface area contributed by atoms with Crippen LogP contribution in [0.1, 0.15) is 24.0 Å². The maximum atomic E-state index is 12.8. The van der Waals surface area contributed by atoms with E-state index in [1.54, 1.807) is 42.5 Å². The molecule has 150 valence electrons. The zero-order chi connectivity index (χ0) is 20.8. The number of benzene rings is 2. The molecule has 1 unspecified atom stereocenters. The van der Waals surface area contributed by atoms with Crippen molar-refractivity contribution in [3.63, 3.8) is 0 Å². The minimum absolute atomic E-state index is 0.0102. The Hall–Kier alpha value is -3.68. The summed E-state index contributed by atoms with van der Waals surface area (Å²) >= 11 is 0. The molecule has 1 heterocycles. The molecular weight excluding hydrogens is 376 g/mol. The second-order valence-corrected chi connectivity index (χ2v) is 6.46. The zero-order valence-corrected chi connectivity index (χ0v) is 15.7. The van der Waals surface area contributed by atoms with Crippen LogP contribution in [0.3, 0.4) is 0 Å². The predicted molar refractivity (Wildman–Crippen MR) is 101 cm³/mol. The largest absolute Gasteiger partial charge is 0.460 e. The predicted octanol–water partition coefficient (Wildman–Crippen LogP) is 1.02. The van der Waals surface area contributed by atoms with E-state index in [2.05, 4.69) is 10.6 Å². The molecule has 0 aromatic heterocycles. The highest BCUT2D eigenvalue weighted by Crippen LogP contribution is 2.20. The Kier molecular flexibility index (Phi) is 6.23. The highest BCUT2D eigenvalue weighted by Gasteiger charge is 2.45. The number of carbonyl (C=O) groups is 4. The highest BCUT2D eigenvalue weighted by molar-refractivity contribution is 6.05. The summed E-state index contributed by atoms with van der Waals surface area (Å²) in [5.74, 6) is -3.84. The summed E-state index contributed by atoms with van der Waals surface area (Å²) in [6.07, 6.45) is -0.972. The monoisotopic (exact) mass is 396 g/mol. The van der Waals surface area contributed by atoms with E-state index in [0.29, 0.717) is 5.56 Å². The summed E-state index contributed by atoms with van der Waals surface area (Å²) < 4.78 is 10.3. The fraction of sp³-hybridized carbons (Fsp3) is 0.238. The van der Waals surface area contributed by atoms with Crippen LogP contribution in [-0.4, -0.2) is 36.0 Å². The lowest BCUT2D eigenvalue weighted by molar-refractivity contribution is -0.165. The van der Waals surface area contributed by atoms with Crippen molar-refractivity contribution >= 4 is 23.8 Å². The van der Waals surface area contributed by atoms with Gasteiger partial charge in [0.2, 0.25) is 12.1 Å². The molecule has 0 spiro atoms. The van der Waals surface area contributed by atoms with Crippen molar-refractivity contribution in [2.45, 2.75) is 31.7 Å². The molecule has 1 fully saturated rings. The van der Waals surface area contributed by atoms with Crippen LogP contribution in [0.2, 0.25) is 0 Å². The summed E-state index contributed by atoms with van der Waals surface area (Å²) in [7, 11) is 0. The maximum Gasteiger partial charge on any atom is 0.323 e. The molecule has 0 aliphatic carbocycles. The normalized spacial score (nSPS) is 18.6.